The summed E-state index contributed by atoms with van der Waals surface area (Å²) in [6, 6.07) is 13.9. The molecule has 1 atom stereocenters. The van der Waals surface area contributed by atoms with Crippen LogP contribution in [0.3, 0.4) is 0 Å². The van der Waals surface area contributed by atoms with Crippen molar-refractivity contribution in [2.75, 3.05) is 7.11 Å². The van der Waals surface area contributed by atoms with E-state index < -0.39 is 0 Å². The van der Waals surface area contributed by atoms with Crippen molar-refractivity contribution < 1.29 is 9.53 Å². The van der Waals surface area contributed by atoms with E-state index >= 15 is 0 Å². The van der Waals surface area contributed by atoms with Crippen LogP contribution in [-0.4, -0.2) is 18.1 Å². The first-order valence-corrected chi connectivity index (χ1v) is 9.05. The molecule has 1 aromatic heterocycles. The van der Waals surface area contributed by atoms with Crippen LogP contribution in [0.2, 0.25) is 0 Å². The molecule has 5 heteroatoms. The Morgan fingerprint density at radius 1 is 1.12 bits per heavy atom. The maximum atomic E-state index is 12.6. The molecule has 1 aliphatic rings. The number of hydrogen-bond donors (Lipinski definition) is 1. The molecule has 0 radical (unpaired) electrons. The van der Waals surface area contributed by atoms with E-state index in [2.05, 4.69) is 39.0 Å². The molecule has 2 aromatic rings. The van der Waals surface area contributed by atoms with Gasteiger partial charge in [0.05, 0.1) is 18.4 Å². The summed E-state index contributed by atoms with van der Waals surface area (Å²) in [5, 5.41) is 3.33. The van der Waals surface area contributed by atoms with E-state index in [-0.39, 0.29) is 11.9 Å². The Bertz CT molecular complexity index is 872. The normalized spacial score (nSPS) is 17.4. The Balaban J connectivity index is 2.27. The first kappa shape index (κ1) is 17.7. The van der Waals surface area contributed by atoms with Gasteiger partial charge in [0.15, 0.2) is 0 Å². The molecule has 1 unspecified atom stereocenters. The number of ether oxygens (including phenoxy) is 1. The molecular formula is C20H19IN2O2. The van der Waals surface area contributed by atoms with Gasteiger partial charge in [-0.05, 0) is 60.2 Å². The first-order valence-electron chi connectivity index (χ1n) is 7.97. The summed E-state index contributed by atoms with van der Waals surface area (Å²) in [5.41, 5.74) is 5.35. The molecule has 0 saturated carbocycles. The predicted molar refractivity (Wildman–Crippen MR) is 107 cm³/mol. The van der Waals surface area contributed by atoms with Gasteiger partial charge in [-0.1, -0.05) is 24.3 Å². The molecular weight excluding hydrogens is 427 g/mol. The number of esters is 1. The summed E-state index contributed by atoms with van der Waals surface area (Å²) >= 11 is 2.31. The van der Waals surface area contributed by atoms with Crippen LogP contribution >= 0.6 is 22.6 Å². The van der Waals surface area contributed by atoms with E-state index in [4.69, 9.17) is 4.74 Å². The third kappa shape index (κ3) is 3.33. The summed E-state index contributed by atoms with van der Waals surface area (Å²) in [6.07, 6.45) is 1.77. The Kier molecular flexibility index (Phi) is 5.22. The molecule has 3 rings (SSSR count). The van der Waals surface area contributed by atoms with Crippen molar-refractivity contribution in [2.24, 2.45) is 0 Å². The van der Waals surface area contributed by atoms with Gasteiger partial charge in [-0.15, -0.1) is 0 Å². The van der Waals surface area contributed by atoms with Gasteiger partial charge < -0.3 is 10.1 Å². The quantitative estimate of drug-likeness (QED) is 0.566. The minimum absolute atomic E-state index is 0.225. The van der Waals surface area contributed by atoms with E-state index in [1.165, 1.54) is 7.11 Å². The second-order valence-electron chi connectivity index (χ2n) is 5.86. The number of nitrogens with zero attached hydrogens (tertiary/aromatic N) is 1. The minimum Gasteiger partial charge on any atom is -0.466 e. The molecule has 4 nitrogen and oxygen atoms in total. The molecule has 1 N–H and O–H groups in total. The van der Waals surface area contributed by atoms with Gasteiger partial charge in [0.2, 0.25) is 0 Å². The number of halogens is 1. The van der Waals surface area contributed by atoms with E-state index in [0.717, 1.165) is 31.8 Å². The number of rotatable bonds is 3. The van der Waals surface area contributed by atoms with E-state index in [1.54, 1.807) is 6.20 Å². The highest BCUT2D eigenvalue weighted by Gasteiger charge is 2.35. The molecule has 2 heterocycles. The Morgan fingerprint density at radius 3 is 2.48 bits per heavy atom. The van der Waals surface area contributed by atoms with Crippen LogP contribution in [-0.2, 0) is 9.53 Å². The largest absolute Gasteiger partial charge is 0.466 e. The SMILES string of the molecule is COC(=O)C1=C(C)NC(C)=C(c2ccccn2)C1c1ccccc1I. The highest BCUT2D eigenvalue weighted by Crippen LogP contribution is 2.44. The van der Waals surface area contributed by atoms with Gasteiger partial charge >= 0.3 is 5.97 Å². The zero-order valence-corrected chi connectivity index (χ0v) is 16.5. The highest BCUT2D eigenvalue weighted by molar-refractivity contribution is 14.1. The first-order chi connectivity index (χ1) is 12.0. The van der Waals surface area contributed by atoms with Crippen molar-refractivity contribution in [1.82, 2.24) is 10.3 Å². The zero-order valence-electron chi connectivity index (χ0n) is 14.3. The fourth-order valence-corrected chi connectivity index (χ4v) is 3.96. The third-order valence-corrected chi connectivity index (χ3v) is 5.31. The topological polar surface area (TPSA) is 51.2 Å². The monoisotopic (exact) mass is 446 g/mol. The number of aromatic nitrogens is 1. The number of carbonyl (C=O) groups excluding carboxylic acids is 1. The molecule has 0 fully saturated rings. The third-order valence-electron chi connectivity index (χ3n) is 4.32. The van der Waals surface area contributed by atoms with Crippen LogP contribution in [0.5, 0.6) is 0 Å². The molecule has 1 aromatic carbocycles. The summed E-state index contributed by atoms with van der Waals surface area (Å²) in [6.45, 7) is 3.93. The van der Waals surface area contributed by atoms with Crippen molar-refractivity contribution in [1.29, 1.82) is 0 Å². The number of pyridine rings is 1. The van der Waals surface area contributed by atoms with Crippen molar-refractivity contribution >= 4 is 34.1 Å². The number of benzene rings is 1. The van der Waals surface area contributed by atoms with Crippen LogP contribution in [0.1, 0.15) is 31.0 Å². The molecule has 128 valence electrons. The molecule has 0 saturated heterocycles. The van der Waals surface area contributed by atoms with Crippen LogP contribution in [0.25, 0.3) is 5.57 Å². The number of dihydropyridines is 1. The average molecular weight is 446 g/mol. The standard InChI is InChI=1S/C20H19IN2O2/c1-12-17(16-10-6-7-11-22-16)19(14-8-4-5-9-15(14)21)18(13(2)23-12)20(24)25-3/h4-11,19,23H,1-3H3. The lowest BCUT2D eigenvalue weighted by molar-refractivity contribution is -0.136. The second kappa shape index (κ2) is 7.39. The second-order valence-corrected chi connectivity index (χ2v) is 7.03. The lowest BCUT2D eigenvalue weighted by Crippen LogP contribution is -2.28. The van der Waals surface area contributed by atoms with Gasteiger partial charge in [-0.25, -0.2) is 4.79 Å². The fourth-order valence-electron chi connectivity index (χ4n) is 3.26. The number of carbonyl (C=O) groups is 1. The minimum atomic E-state index is -0.324. The maximum Gasteiger partial charge on any atom is 0.336 e. The number of nitrogens with one attached hydrogen (secondary N) is 1. The van der Waals surface area contributed by atoms with Gasteiger partial charge in [-0.3, -0.25) is 4.98 Å². The van der Waals surface area contributed by atoms with Crippen LogP contribution in [0.4, 0.5) is 0 Å². The van der Waals surface area contributed by atoms with E-state index in [1.807, 2.05) is 50.2 Å². The van der Waals surface area contributed by atoms with Crippen LogP contribution < -0.4 is 5.32 Å². The van der Waals surface area contributed by atoms with Crippen LogP contribution in [0, 0.1) is 3.57 Å². The molecule has 1 aliphatic heterocycles. The van der Waals surface area contributed by atoms with Gasteiger partial charge in [0.25, 0.3) is 0 Å². The van der Waals surface area contributed by atoms with E-state index in [0.29, 0.717) is 5.57 Å². The Morgan fingerprint density at radius 2 is 1.84 bits per heavy atom. The van der Waals surface area contributed by atoms with Gasteiger partial charge in [0, 0.05) is 32.7 Å². The lowest BCUT2D eigenvalue weighted by atomic mass is 9.79. The van der Waals surface area contributed by atoms with Gasteiger partial charge in [-0.2, -0.15) is 0 Å². The lowest BCUT2D eigenvalue weighted by Gasteiger charge is -2.31. The molecule has 0 bridgehead atoms. The van der Waals surface area contributed by atoms with Crippen molar-refractivity contribution in [2.45, 2.75) is 19.8 Å². The predicted octanol–water partition coefficient (Wildman–Crippen LogP) is 4.25. The van der Waals surface area contributed by atoms with E-state index in [9.17, 15) is 4.79 Å². The van der Waals surface area contributed by atoms with Crippen molar-refractivity contribution in [3.63, 3.8) is 0 Å². The summed E-state index contributed by atoms with van der Waals surface area (Å²) in [7, 11) is 1.42. The summed E-state index contributed by atoms with van der Waals surface area (Å²) < 4.78 is 6.19. The smallest absolute Gasteiger partial charge is 0.336 e. The Labute approximate surface area is 161 Å². The molecule has 25 heavy (non-hydrogen) atoms. The van der Waals surface area contributed by atoms with Gasteiger partial charge in [0.1, 0.15) is 0 Å². The van der Waals surface area contributed by atoms with Crippen LogP contribution in [0.15, 0.2) is 65.6 Å². The zero-order chi connectivity index (χ0) is 18.0. The van der Waals surface area contributed by atoms with Crippen molar-refractivity contribution in [3.8, 4) is 0 Å². The number of methoxy groups -OCH3 is 1. The Hall–Kier alpha value is -2.15. The maximum absolute atomic E-state index is 12.6. The average Bonchev–Trinajstić information content (AvgIpc) is 2.62. The highest BCUT2D eigenvalue weighted by atomic mass is 127. The number of hydrogen-bond acceptors (Lipinski definition) is 4. The van der Waals surface area contributed by atoms with Crippen molar-refractivity contribution in [3.05, 3.63) is 80.5 Å². The summed E-state index contributed by atoms with van der Waals surface area (Å²) in [4.78, 5) is 17.1. The summed E-state index contributed by atoms with van der Waals surface area (Å²) in [5.74, 6) is -0.549. The molecule has 0 amide bonds. The molecule has 0 aliphatic carbocycles. The molecule has 0 spiro atoms. The number of allylic oxidation sites excluding steroid dienone is 3. The fraction of sp³-hybridized carbons (Fsp3) is 0.200.